The highest BCUT2D eigenvalue weighted by Crippen LogP contribution is 2.17. The van der Waals surface area contributed by atoms with Gasteiger partial charge < -0.3 is 5.32 Å². The van der Waals surface area contributed by atoms with Crippen molar-refractivity contribution in [2.24, 2.45) is 0 Å². The van der Waals surface area contributed by atoms with E-state index in [1.807, 2.05) is 23.0 Å². The summed E-state index contributed by atoms with van der Waals surface area (Å²) in [4.78, 5) is 4.07. The van der Waals surface area contributed by atoms with Crippen molar-refractivity contribution in [2.45, 2.75) is 52.6 Å². The highest BCUT2D eigenvalue weighted by atomic mass is 15.3. The molecule has 0 spiro atoms. The Hall–Kier alpha value is -1.68. The topological polar surface area (TPSA) is 42.7 Å². The molecule has 0 bridgehead atoms. The van der Waals surface area contributed by atoms with E-state index in [9.17, 15) is 0 Å². The largest absolute Gasteiger partial charge is 0.308 e. The molecule has 0 aliphatic carbocycles. The summed E-state index contributed by atoms with van der Waals surface area (Å²) in [5.41, 5.74) is 3.75. The van der Waals surface area contributed by atoms with Crippen LogP contribution in [0.25, 0.3) is 5.69 Å². The lowest BCUT2D eigenvalue weighted by molar-refractivity contribution is 0.423. The SMILES string of the molecule is CCCc1c(CNC(C)(C)C)cnn1-c1ccncc1. The smallest absolute Gasteiger partial charge is 0.0679 e. The fourth-order valence-electron chi connectivity index (χ4n) is 2.13. The van der Waals surface area contributed by atoms with Gasteiger partial charge in [-0.2, -0.15) is 5.10 Å². The van der Waals surface area contributed by atoms with Crippen molar-refractivity contribution in [1.82, 2.24) is 20.1 Å². The summed E-state index contributed by atoms with van der Waals surface area (Å²) in [6.45, 7) is 9.59. The molecule has 2 aromatic rings. The van der Waals surface area contributed by atoms with Gasteiger partial charge in [-0.25, -0.2) is 4.68 Å². The number of hydrogen-bond donors (Lipinski definition) is 1. The number of aromatic nitrogens is 3. The van der Waals surface area contributed by atoms with E-state index in [2.05, 4.69) is 43.1 Å². The Kier molecular flexibility index (Phi) is 4.55. The second kappa shape index (κ2) is 6.18. The maximum atomic E-state index is 4.55. The van der Waals surface area contributed by atoms with Gasteiger partial charge in [-0.15, -0.1) is 0 Å². The summed E-state index contributed by atoms with van der Waals surface area (Å²) in [5, 5.41) is 8.09. The molecule has 0 aliphatic heterocycles. The minimum absolute atomic E-state index is 0.113. The number of nitrogens with zero attached hydrogens (tertiary/aromatic N) is 3. The van der Waals surface area contributed by atoms with E-state index in [0.717, 1.165) is 25.1 Å². The minimum atomic E-state index is 0.113. The normalized spacial score (nSPS) is 11.8. The summed E-state index contributed by atoms with van der Waals surface area (Å²) >= 11 is 0. The molecule has 1 N–H and O–H groups in total. The molecule has 0 aromatic carbocycles. The van der Waals surface area contributed by atoms with Crippen LogP contribution in [0.3, 0.4) is 0 Å². The van der Waals surface area contributed by atoms with Crippen LogP contribution in [0.15, 0.2) is 30.7 Å². The van der Waals surface area contributed by atoms with E-state index in [4.69, 9.17) is 0 Å². The Balaban J connectivity index is 2.28. The molecule has 20 heavy (non-hydrogen) atoms. The molecule has 0 saturated heterocycles. The van der Waals surface area contributed by atoms with Gasteiger partial charge in [0.25, 0.3) is 0 Å². The summed E-state index contributed by atoms with van der Waals surface area (Å²) in [6, 6.07) is 3.99. The van der Waals surface area contributed by atoms with Crippen LogP contribution >= 0.6 is 0 Å². The van der Waals surface area contributed by atoms with Crippen molar-refractivity contribution in [3.63, 3.8) is 0 Å². The molecule has 0 atom stereocenters. The molecule has 2 rings (SSSR count). The lowest BCUT2D eigenvalue weighted by atomic mass is 10.1. The van der Waals surface area contributed by atoms with Gasteiger partial charge in [-0.1, -0.05) is 13.3 Å². The van der Waals surface area contributed by atoms with Crippen LogP contribution in [-0.2, 0) is 13.0 Å². The predicted molar refractivity (Wildman–Crippen MR) is 81.9 cm³/mol. The molecular formula is C16H24N4. The molecule has 4 heteroatoms. The molecule has 0 amide bonds. The number of pyridine rings is 1. The molecule has 2 aromatic heterocycles. The van der Waals surface area contributed by atoms with Crippen molar-refractivity contribution in [1.29, 1.82) is 0 Å². The van der Waals surface area contributed by atoms with Crippen molar-refractivity contribution >= 4 is 0 Å². The van der Waals surface area contributed by atoms with Crippen LogP contribution in [0.4, 0.5) is 0 Å². The highest BCUT2D eigenvalue weighted by molar-refractivity contribution is 5.33. The van der Waals surface area contributed by atoms with Gasteiger partial charge >= 0.3 is 0 Å². The van der Waals surface area contributed by atoms with Gasteiger partial charge in [0, 0.05) is 35.7 Å². The van der Waals surface area contributed by atoms with Gasteiger partial charge in [-0.3, -0.25) is 4.98 Å². The molecule has 108 valence electrons. The van der Waals surface area contributed by atoms with Crippen molar-refractivity contribution in [3.8, 4) is 5.69 Å². The van der Waals surface area contributed by atoms with Gasteiger partial charge in [0.05, 0.1) is 11.9 Å². The van der Waals surface area contributed by atoms with Crippen LogP contribution in [0.5, 0.6) is 0 Å². The second-order valence-corrected chi connectivity index (χ2v) is 6.09. The Morgan fingerprint density at radius 2 is 1.90 bits per heavy atom. The van der Waals surface area contributed by atoms with Crippen molar-refractivity contribution in [3.05, 3.63) is 42.0 Å². The Morgan fingerprint density at radius 3 is 2.50 bits per heavy atom. The Morgan fingerprint density at radius 1 is 1.20 bits per heavy atom. The molecule has 0 unspecified atom stereocenters. The summed E-state index contributed by atoms with van der Waals surface area (Å²) < 4.78 is 2.03. The van der Waals surface area contributed by atoms with Crippen LogP contribution < -0.4 is 5.32 Å². The second-order valence-electron chi connectivity index (χ2n) is 6.09. The molecule has 2 heterocycles. The standard InChI is InChI=1S/C16H24N4/c1-5-6-15-13(11-18-16(2,3)4)12-19-20(15)14-7-9-17-10-8-14/h7-10,12,18H,5-6,11H2,1-4H3. The maximum Gasteiger partial charge on any atom is 0.0679 e. The summed E-state index contributed by atoms with van der Waals surface area (Å²) in [6.07, 6.45) is 7.73. The zero-order valence-electron chi connectivity index (χ0n) is 12.8. The van der Waals surface area contributed by atoms with Crippen molar-refractivity contribution < 1.29 is 0 Å². The zero-order valence-corrected chi connectivity index (χ0v) is 12.8. The predicted octanol–water partition coefficient (Wildman–Crippen LogP) is 3.11. The zero-order chi connectivity index (χ0) is 14.6. The molecule has 0 radical (unpaired) electrons. The van der Waals surface area contributed by atoms with E-state index in [0.29, 0.717) is 0 Å². The van der Waals surface area contributed by atoms with E-state index in [1.54, 1.807) is 12.4 Å². The maximum absolute atomic E-state index is 4.55. The van der Waals surface area contributed by atoms with E-state index in [-0.39, 0.29) is 5.54 Å². The van der Waals surface area contributed by atoms with Gasteiger partial charge in [0.1, 0.15) is 0 Å². The fourth-order valence-corrected chi connectivity index (χ4v) is 2.13. The number of hydrogen-bond acceptors (Lipinski definition) is 3. The van der Waals surface area contributed by atoms with Gasteiger partial charge in [-0.05, 0) is 39.3 Å². The van der Waals surface area contributed by atoms with Crippen LogP contribution in [0.2, 0.25) is 0 Å². The molecule has 4 nitrogen and oxygen atoms in total. The van der Waals surface area contributed by atoms with Gasteiger partial charge in [0.2, 0.25) is 0 Å². The first kappa shape index (κ1) is 14.7. The number of nitrogens with one attached hydrogen (secondary N) is 1. The third kappa shape index (κ3) is 3.67. The number of rotatable bonds is 5. The molecular weight excluding hydrogens is 248 g/mol. The van der Waals surface area contributed by atoms with E-state index < -0.39 is 0 Å². The van der Waals surface area contributed by atoms with Crippen molar-refractivity contribution in [2.75, 3.05) is 0 Å². The molecule has 0 aliphatic rings. The van der Waals surface area contributed by atoms with E-state index in [1.165, 1.54) is 11.3 Å². The van der Waals surface area contributed by atoms with Crippen LogP contribution in [0, 0.1) is 0 Å². The fraction of sp³-hybridized carbons (Fsp3) is 0.500. The lowest BCUT2D eigenvalue weighted by Crippen LogP contribution is -2.35. The average molecular weight is 272 g/mol. The first-order valence-corrected chi connectivity index (χ1v) is 7.22. The highest BCUT2D eigenvalue weighted by Gasteiger charge is 2.14. The summed E-state index contributed by atoms with van der Waals surface area (Å²) in [7, 11) is 0. The molecule has 0 fully saturated rings. The minimum Gasteiger partial charge on any atom is -0.308 e. The quantitative estimate of drug-likeness (QED) is 0.909. The first-order valence-electron chi connectivity index (χ1n) is 7.22. The van der Waals surface area contributed by atoms with Gasteiger partial charge in [0.15, 0.2) is 0 Å². The Bertz CT molecular complexity index is 537. The monoisotopic (exact) mass is 272 g/mol. The average Bonchev–Trinajstić information content (AvgIpc) is 2.80. The molecule has 0 saturated carbocycles. The van der Waals surface area contributed by atoms with Crippen LogP contribution in [-0.4, -0.2) is 20.3 Å². The summed E-state index contributed by atoms with van der Waals surface area (Å²) in [5.74, 6) is 0. The van der Waals surface area contributed by atoms with E-state index >= 15 is 0 Å². The third-order valence-corrected chi connectivity index (χ3v) is 3.16. The first-order chi connectivity index (χ1) is 9.51. The van der Waals surface area contributed by atoms with Crippen LogP contribution in [0.1, 0.15) is 45.4 Å². The third-order valence-electron chi connectivity index (χ3n) is 3.16. The Labute approximate surface area is 121 Å². The lowest BCUT2D eigenvalue weighted by Gasteiger charge is -2.20.